The highest BCUT2D eigenvalue weighted by Gasteiger charge is 2.49. The van der Waals surface area contributed by atoms with E-state index in [4.69, 9.17) is 15.0 Å². The first-order chi connectivity index (χ1) is 36.3. The second-order valence-electron chi connectivity index (χ2n) is 18.8. The van der Waals surface area contributed by atoms with E-state index in [1.165, 1.54) is 21.9 Å². The molecule has 0 amide bonds. The Morgan fingerprint density at radius 1 is 0.315 bits per heavy atom. The van der Waals surface area contributed by atoms with Gasteiger partial charge in [-0.3, -0.25) is 14.8 Å². The molecule has 11 aromatic rings. The highest BCUT2D eigenvalue weighted by molar-refractivity contribution is 7.03. The van der Waals surface area contributed by atoms with Gasteiger partial charge < -0.3 is 14.7 Å². The van der Waals surface area contributed by atoms with Crippen LogP contribution in [-0.4, -0.2) is 28.4 Å². The Bertz CT molecular complexity index is 3870. The Kier molecular flexibility index (Phi) is 9.28. The van der Waals surface area contributed by atoms with Crippen molar-refractivity contribution in [1.82, 2.24) is 15.0 Å². The fourth-order valence-corrected chi connectivity index (χ4v) is 12.0. The van der Waals surface area contributed by atoms with Crippen molar-refractivity contribution in [1.29, 1.82) is 0 Å². The zero-order valence-corrected chi connectivity index (χ0v) is 39.5. The quantitative estimate of drug-likeness (QED) is 0.147. The van der Waals surface area contributed by atoms with Crippen LogP contribution in [0.3, 0.4) is 0 Å². The predicted octanol–water partition coefficient (Wildman–Crippen LogP) is 11.5. The molecule has 8 nitrogen and oxygen atoms in total. The molecule has 0 radical (unpaired) electrons. The molecule has 73 heavy (non-hydrogen) atoms. The molecule has 0 N–H and O–H groups in total. The molecule has 0 saturated heterocycles. The molecule has 0 spiro atoms. The normalized spacial score (nSPS) is 13.3. The van der Waals surface area contributed by atoms with Crippen molar-refractivity contribution in [2.45, 2.75) is 0 Å². The maximum Gasteiger partial charge on any atom is 0.258 e. The van der Waals surface area contributed by atoms with Crippen LogP contribution < -0.4 is 57.3 Å². The van der Waals surface area contributed by atoms with Gasteiger partial charge in [-0.1, -0.05) is 127 Å². The number of aromatic nitrogens is 3. The molecular formula is C63H42B2N8. The third-order valence-electron chi connectivity index (χ3n) is 15.0. The fraction of sp³-hybridized carbons (Fsp3) is 0. The second-order valence-corrected chi connectivity index (χ2v) is 18.8. The summed E-state index contributed by atoms with van der Waals surface area (Å²) >= 11 is 0. The summed E-state index contributed by atoms with van der Waals surface area (Å²) < 4.78 is 0. The van der Waals surface area contributed by atoms with Crippen LogP contribution in [0, 0.1) is 0 Å². The van der Waals surface area contributed by atoms with Crippen molar-refractivity contribution in [3.63, 3.8) is 0 Å². The Morgan fingerprint density at radius 2 is 0.767 bits per heavy atom. The molecule has 0 atom stereocenters. The van der Waals surface area contributed by atoms with Gasteiger partial charge in [-0.25, -0.2) is 9.97 Å². The SMILES string of the molecule is c1ccc(N(c2ccccc2)c2ccc3c(c2)N(c2ccccc2)c2cccc4c2B3c2cc3c(cc2N4c2ccccc2)N(c2ccccc2)c2ncnc4c2B3c2cnccc2N4c2ccccc2)cc1. The minimum atomic E-state index is -0.228. The monoisotopic (exact) mass is 932 g/mol. The highest BCUT2D eigenvalue weighted by Crippen LogP contribution is 2.48. The molecule has 4 aliphatic heterocycles. The van der Waals surface area contributed by atoms with Crippen LogP contribution in [0.15, 0.2) is 255 Å². The van der Waals surface area contributed by atoms with Gasteiger partial charge in [0, 0.05) is 91.8 Å². The molecule has 340 valence electrons. The van der Waals surface area contributed by atoms with E-state index in [1.807, 2.05) is 6.20 Å². The number of benzene rings is 9. The van der Waals surface area contributed by atoms with E-state index < -0.39 is 0 Å². The van der Waals surface area contributed by atoms with Gasteiger partial charge in [0.05, 0.1) is 0 Å². The molecule has 0 aliphatic carbocycles. The average Bonchev–Trinajstić information content (AvgIpc) is 3.46. The molecule has 2 aromatic heterocycles. The molecule has 0 fully saturated rings. The standard InChI is InChI=1S/C63H42B2N8/c1-7-20-43(21-8-1)69(44-22-9-2-10-23-44)49-34-35-50-57(38-49)70(45-24-11-3-12-25-45)55-32-19-33-56-60(55)64(50)51-39-52-59(40-58(51)71(56)46-26-13-4-14-27-46)73(48-30-17-6-18-31-48)63-61-62(67-42-68-63)72(47-28-15-5-16-29-47)54-36-37-66-41-53(54)65(52)61/h1-42H. The number of para-hydroxylation sites is 6. The van der Waals surface area contributed by atoms with Gasteiger partial charge in [-0.2, -0.15) is 0 Å². The van der Waals surface area contributed by atoms with Crippen LogP contribution in [-0.2, 0) is 0 Å². The molecule has 0 saturated carbocycles. The summed E-state index contributed by atoms with van der Waals surface area (Å²) in [5.41, 5.74) is 21.1. The number of rotatable bonds is 7. The number of hydrogen-bond donors (Lipinski definition) is 0. The molecule has 15 rings (SSSR count). The first-order valence-corrected chi connectivity index (χ1v) is 24.8. The molecule has 10 heteroatoms. The number of fused-ring (bicyclic) bond motifs is 8. The van der Waals surface area contributed by atoms with Crippen LogP contribution in [0.1, 0.15) is 0 Å². The fourth-order valence-electron chi connectivity index (χ4n) is 12.0. The minimum absolute atomic E-state index is 0.145. The largest absolute Gasteiger partial charge is 0.311 e. The van der Waals surface area contributed by atoms with Crippen molar-refractivity contribution in [2.75, 3.05) is 24.5 Å². The summed E-state index contributed by atoms with van der Waals surface area (Å²) in [5, 5.41) is 0. The zero-order chi connectivity index (χ0) is 48.0. The van der Waals surface area contributed by atoms with Gasteiger partial charge in [0.15, 0.2) is 0 Å². The Hall–Kier alpha value is -9.66. The van der Waals surface area contributed by atoms with Gasteiger partial charge in [-0.15, -0.1) is 0 Å². The molecule has 6 heterocycles. The maximum absolute atomic E-state index is 5.22. The van der Waals surface area contributed by atoms with Gasteiger partial charge in [-0.05, 0) is 137 Å². The van der Waals surface area contributed by atoms with Crippen LogP contribution in [0.5, 0.6) is 0 Å². The minimum Gasteiger partial charge on any atom is -0.311 e. The van der Waals surface area contributed by atoms with E-state index in [1.54, 1.807) is 6.33 Å². The summed E-state index contributed by atoms with van der Waals surface area (Å²) in [5.74, 6) is 1.71. The number of nitrogens with zero attached hydrogens (tertiary/aromatic N) is 8. The van der Waals surface area contributed by atoms with E-state index in [9.17, 15) is 0 Å². The average molecular weight is 933 g/mol. The lowest BCUT2D eigenvalue weighted by atomic mass is 9.30. The van der Waals surface area contributed by atoms with Crippen LogP contribution in [0.2, 0.25) is 0 Å². The van der Waals surface area contributed by atoms with Crippen molar-refractivity contribution < 1.29 is 0 Å². The summed E-state index contributed by atoms with van der Waals surface area (Å²) in [6.07, 6.45) is 5.68. The smallest absolute Gasteiger partial charge is 0.258 e. The molecule has 9 aromatic carbocycles. The third-order valence-corrected chi connectivity index (χ3v) is 15.0. The summed E-state index contributed by atoms with van der Waals surface area (Å²) in [7, 11) is 0. The molecular weight excluding hydrogens is 890 g/mol. The summed E-state index contributed by atoms with van der Waals surface area (Å²) in [6.45, 7) is -0.373. The summed E-state index contributed by atoms with van der Waals surface area (Å²) in [4.78, 5) is 27.2. The third kappa shape index (κ3) is 6.26. The second kappa shape index (κ2) is 16.5. The molecule has 0 unspecified atom stereocenters. The lowest BCUT2D eigenvalue weighted by Gasteiger charge is -2.46. The summed E-state index contributed by atoms with van der Waals surface area (Å²) in [6, 6.07) is 85.3. The number of hydrogen-bond acceptors (Lipinski definition) is 8. The topological polar surface area (TPSA) is 54.9 Å². The van der Waals surface area contributed by atoms with Gasteiger partial charge >= 0.3 is 0 Å². The first-order valence-electron chi connectivity index (χ1n) is 24.8. The van der Waals surface area contributed by atoms with E-state index in [0.29, 0.717) is 0 Å². The molecule has 4 aliphatic rings. The number of anilines is 15. The van der Waals surface area contributed by atoms with Crippen LogP contribution in [0.4, 0.5) is 85.6 Å². The van der Waals surface area contributed by atoms with E-state index in [0.717, 1.165) is 96.5 Å². The van der Waals surface area contributed by atoms with Crippen molar-refractivity contribution in [2.24, 2.45) is 0 Å². The van der Waals surface area contributed by atoms with Crippen molar-refractivity contribution in [3.8, 4) is 0 Å². The van der Waals surface area contributed by atoms with Gasteiger partial charge in [0.25, 0.3) is 13.4 Å². The highest BCUT2D eigenvalue weighted by atomic mass is 15.3. The Morgan fingerprint density at radius 3 is 1.30 bits per heavy atom. The van der Waals surface area contributed by atoms with Crippen molar-refractivity contribution in [3.05, 3.63) is 255 Å². The zero-order valence-electron chi connectivity index (χ0n) is 39.5. The van der Waals surface area contributed by atoms with E-state index >= 15 is 0 Å². The van der Waals surface area contributed by atoms with Crippen LogP contribution in [0.25, 0.3) is 0 Å². The Balaban J connectivity index is 1.03. The van der Waals surface area contributed by atoms with Crippen molar-refractivity contribution >= 4 is 132 Å². The van der Waals surface area contributed by atoms with E-state index in [2.05, 4.69) is 267 Å². The molecule has 0 bridgehead atoms. The van der Waals surface area contributed by atoms with Crippen LogP contribution >= 0.6 is 0 Å². The lowest BCUT2D eigenvalue weighted by molar-refractivity contribution is 1.09. The predicted molar refractivity (Wildman–Crippen MR) is 303 cm³/mol. The lowest BCUT2D eigenvalue weighted by Crippen LogP contribution is -2.65. The first kappa shape index (κ1) is 41.2. The number of pyridine rings is 1. The van der Waals surface area contributed by atoms with Gasteiger partial charge in [0.1, 0.15) is 18.0 Å². The Labute approximate surface area is 424 Å². The van der Waals surface area contributed by atoms with E-state index in [-0.39, 0.29) is 13.4 Å². The van der Waals surface area contributed by atoms with Gasteiger partial charge in [0.2, 0.25) is 0 Å². The maximum atomic E-state index is 5.22.